The zero-order valence-electron chi connectivity index (χ0n) is 10.7. The average molecular weight is 224 g/mol. The fourth-order valence-electron chi connectivity index (χ4n) is 1.67. The minimum atomic E-state index is -0.165. The zero-order chi connectivity index (χ0) is 12.0. The monoisotopic (exact) mass is 224 g/mol. The highest BCUT2D eigenvalue weighted by molar-refractivity contribution is 5.07. The van der Waals surface area contributed by atoms with Crippen molar-refractivity contribution in [2.45, 2.75) is 52.2 Å². The molecule has 2 N–H and O–H groups in total. The maximum absolute atomic E-state index is 9.32. The standard InChI is InChI=1S/C13H24N2O/c1-4-8-15-9-6-7-12(15)10-14-13(3,5-2)11-16/h6-7,9,14,16H,4-5,8,10-11H2,1-3H3. The lowest BCUT2D eigenvalue weighted by molar-refractivity contribution is 0.168. The Labute approximate surface area is 98.5 Å². The van der Waals surface area contributed by atoms with Gasteiger partial charge in [-0.3, -0.25) is 0 Å². The molecule has 3 heteroatoms. The molecular weight excluding hydrogens is 200 g/mol. The Morgan fingerprint density at radius 2 is 2.19 bits per heavy atom. The number of nitrogens with zero attached hydrogens (tertiary/aromatic N) is 1. The molecule has 0 radical (unpaired) electrons. The predicted molar refractivity (Wildman–Crippen MR) is 67.3 cm³/mol. The molecule has 1 aromatic rings. The number of hydrogen-bond donors (Lipinski definition) is 2. The van der Waals surface area contributed by atoms with Crippen molar-refractivity contribution in [2.24, 2.45) is 0 Å². The summed E-state index contributed by atoms with van der Waals surface area (Å²) in [5.74, 6) is 0. The van der Waals surface area contributed by atoms with Crippen LogP contribution in [0.15, 0.2) is 18.3 Å². The van der Waals surface area contributed by atoms with Crippen molar-refractivity contribution in [2.75, 3.05) is 6.61 Å². The second kappa shape index (κ2) is 6.06. The molecule has 0 spiro atoms. The molecule has 0 saturated heterocycles. The van der Waals surface area contributed by atoms with Crippen LogP contribution in [-0.4, -0.2) is 21.8 Å². The summed E-state index contributed by atoms with van der Waals surface area (Å²) < 4.78 is 2.26. The molecule has 0 bridgehead atoms. The molecular formula is C13H24N2O. The van der Waals surface area contributed by atoms with Gasteiger partial charge < -0.3 is 15.0 Å². The van der Waals surface area contributed by atoms with Crippen molar-refractivity contribution in [3.63, 3.8) is 0 Å². The van der Waals surface area contributed by atoms with Crippen LogP contribution in [0.2, 0.25) is 0 Å². The van der Waals surface area contributed by atoms with Crippen molar-refractivity contribution in [1.82, 2.24) is 9.88 Å². The van der Waals surface area contributed by atoms with Crippen molar-refractivity contribution in [3.05, 3.63) is 24.0 Å². The third-order valence-electron chi connectivity index (χ3n) is 3.21. The molecule has 0 aliphatic carbocycles. The molecule has 0 saturated carbocycles. The number of nitrogens with one attached hydrogen (secondary N) is 1. The van der Waals surface area contributed by atoms with E-state index in [2.05, 4.69) is 49.0 Å². The Bertz CT molecular complexity index is 303. The SMILES string of the molecule is CCCn1cccc1CNC(C)(CC)CO. The second-order valence-electron chi connectivity index (χ2n) is 4.62. The molecule has 3 nitrogen and oxygen atoms in total. The normalized spacial score (nSPS) is 15.0. The van der Waals surface area contributed by atoms with E-state index in [1.165, 1.54) is 5.69 Å². The summed E-state index contributed by atoms with van der Waals surface area (Å²) in [6, 6.07) is 4.21. The van der Waals surface area contributed by atoms with Gasteiger partial charge in [-0.1, -0.05) is 13.8 Å². The zero-order valence-corrected chi connectivity index (χ0v) is 10.7. The van der Waals surface area contributed by atoms with Gasteiger partial charge in [0.1, 0.15) is 0 Å². The Morgan fingerprint density at radius 1 is 1.44 bits per heavy atom. The highest BCUT2D eigenvalue weighted by Gasteiger charge is 2.19. The van der Waals surface area contributed by atoms with E-state index in [4.69, 9.17) is 0 Å². The van der Waals surface area contributed by atoms with E-state index in [0.29, 0.717) is 0 Å². The summed E-state index contributed by atoms with van der Waals surface area (Å²) in [5, 5.41) is 12.7. The van der Waals surface area contributed by atoms with E-state index >= 15 is 0 Å². The van der Waals surface area contributed by atoms with Crippen LogP contribution in [0, 0.1) is 0 Å². The average Bonchev–Trinajstić information content (AvgIpc) is 2.74. The van der Waals surface area contributed by atoms with Crippen LogP contribution in [0.4, 0.5) is 0 Å². The van der Waals surface area contributed by atoms with Gasteiger partial charge in [-0.15, -0.1) is 0 Å². The van der Waals surface area contributed by atoms with Gasteiger partial charge in [0.2, 0.25) is 0 Å². The van der Waals surface area contributed by atoms with Gasteiger partial charge in [0.05, 0.1) is 6.61 Å². The number of aryl methyl sites for hydroxylation is 1. The molecule has 92 valence electrons. The van der Waals surface area contributed by atoms with Gasteiger partial charge in [-0.25, -0.2) is 0 Å². The van der Waals surface area contributed by atoms with E-state index in [0.717, 1.165) is 25.9 Å². The molecule has 1 atom stereocenters. The van der Waals surface area contributed by atoms with Gasteiger partial charge in [0.15, 0.2) is 0 Å². The number of aliphatic hydroxyl groups is 1. The Morgan fingerprint density at radius 3 is 2.75 bits per heavy atom. The first-order chi connectivity index (χ1) is 7.65. The Balaban J connectivity index is 2.56. The maximum atomic E-state index is 9.32. The lowest BCUT2D eigenvalue weighted by atomic mass is 10.0. The van der Waals surface area contributed by atoms with Crippen LogP contribution < -0.4 is 5.32 Å². The first-order valence-electron chi connectivity index (χ1n) is 6.15. The molecule has 0 aliphatic rings. The fraction of sp³-hybridized carbons (Fsp3) is 0.692. The molecule has 0 fully saturated rings. The van der Waals surface area contributed by atoms with E-state index < -0.39 is 0 Å². The summed E-state index contributed by atoms with van der Waals surface area (Å²) in [4.78, 5) is 0. The van der Waals surface area contributed by atoms with Crippen LogP contribution in [-0.2, 0) is 13.1 Å². The molecule has 1 heterocycles. The third-order valence-corrected chi connectivity index (χ3v) is 3.21. The quantitative estimate of drug-likeness (QED) is 0.744. The largest absolute Gasteiger partial charge is 0.394 e. The Hall–Kier alpha value is -0.800. The van der Waals surface area contributed by atoms with Crippen molar-refractivity contribution < 1.29 is 5.11 Å². The lowest BCUT2D eigenvalue weighted by Crippen LogP contribution is -2.44. The van der Waals surface area contributed by atoms with Crippen LogP contribution in [0.5, 0.6) is 0 Å². The minimum Gasteiger partial charge on any atom is -0.394 e. The van der Waals surface area contributed by atoms with Crippen LogP contribution >= 0.6 is 0 Å². The van der Waals surface area contributed by atoms with Crippen LogP contribution in [0.25, 0.3) is 0 Å². The van der Waals surface area contributed by atoms with Crippen LogP contribution in [0.1, 0.15) is 39.3 Å². The van der Waals surface area contributed by atoms with E-state index in [9.17, 15) is 5.11 Å². The molecule has 0 aliphatic heterocycles. The summed E-state index contributed by atoms with van der Waals surface area (Å²) in [6.07, 6.45) is 4.19. The lowest BCUT2D eigenvalue weighted by Gasteiger charge is -2.27. The Kier molecular flexibility index (Phi) is 5.03. The molecule has 16 heavy (non-hydrogen) atoms. The highest BCUT2D eigenvalue weighted by Crippen LogP contribution is 2.10. The van der Waals surface area contributed by atoms with Gasteiger partial charge in [-0.2, -0.15) is 0 Å². The van der Waals surface area contributed by atoms with Crippen LogP contribution in [0.3, 0.4) is 0 Å². The third kappa shape index (κ3) is 3.35. The second-order valence-corrected chi connectivity index (χ2v) is 4.62. The first-order valence-corrected chi connectivity index (χ1v) is 6.15. The minimum absolute atomic E-state index is 0.165. The molecule has 1 unspecified atom stereocenters. The summed E-state index contributed by atoms with van der Waals surface area (Å²) in [5.41, 5.74) is 1.12. The maximum Gasteiger partial charge on any atom is 0.0610 e. The number of hydrogen-bond acceptors (Lipinski definition) is 2. The van der Waals surface area contributed by atoms with Crippen molar-refractivity contribution in [3.8, 4) is 0 Å². The van der Waals surface area contributed by atoms with E-state index in [1.54, 1.807) is 0 Å². The van der Waals surface area contributed by atoms with Gasteiger partial charge in [0, 0.05) is 30.5 Å². The van der Waals surface area contributed by atoms with Gasteiger partial charge >= 0.3 is 0 Å². The fourth-order valence-corrected chi connectivity index (χ4v) is 1.67. The molecule has 1 aromatic heterocycles. The first kappa shape index (κ1) is 13.3. The summed E-state index contributed by atoms with van der Waals surface area (Å²) >= 11 is 0. The molecule has 0 amide bonds. The van der Waals surface area contributed by atoms with Gasteiger partial charge in [-0.05, 0) is 31.9 Å². The predicted octanol–water partition coefficient (Wildman–Crippen LogP) is 2.15. The topological polar surface area (TPSA) is 37.2 Å². The van der Waals surface area contributed by atoms with Crippen molar-refractivity contribution in [1.29, 1.82) is 0 Å². The highest BCUT2D eigenvalue weighted by atomic mass is 16.3. The number of aliphatic hydroxyl groups excluding tert-OH is 1. The number of rotatable bonds is 7. The summed E-state index contributed by atoms with van der Waals surface area (Å²) in [7, 11) is 0. The van der Waals surface area contributed by atoms with E-state index in [1.807, 2.05) is 0 Å². The van der Waals surface area contributed by atoms with Crippen molar-refractivity contribution >= 4 is 0 Å². The molecule has 1 rings (SSSR count). The number of aromatic nitrogens is 1. The smallest absolute Gasteiger partial charge is 0.0610 e. The van der Waals surface area contributed by atoms with E-state index in [-0.39, 0.29) is 12.1 Å². The molecule has 0 aromatic carbocycles. The van der Waals surface area contributed by atoms with Gasteiger partial charge in [0.25, 0.3) is 0 Å². The summed E-state index contributed by atoms with van der Waals surface area (Å²) in [6.45, 7) is 8.39.